The molecule has 1 rings (SSSR count). The van der Waals surface area contributed by atoms with Crippen molar-refractivity contribution in [1.82, 2.24) is 9.55 Å². The molecule has 0 fully saturated rings. The van der Waals surface area contributed by atoms with Crippen LogP contribution in [-0.2, 0) is 9.53 Å². The predicted molar refractivity (Wildman–Crippen MR) is 51.3 cm³/mol. The smallest absolute Gasteiger partial charge is 0.419 e. The van der Waals surface area contributed by atoms with Crippen LogP contribution in [-0.4, -0.2) is 33.3 Å². The van der Waals surface area contributed by atoms with Gasteiger partial charge in [0.15, 0.2) is 0 Å². The highest BCUT2D eigenvalue weighted by Gasteiger charge is 2.08. The Morgan fingerprint density at radius 1 is 1.67 bits per heavy atom. The molecule has 0 atom stereocenters. The molecular formula is C9H10N2O4. The molecule has 80 valence electrons. The Morgan fingerprint density at radius 2 is 2.40 bits per heavy atom. The van der Waals surface area contributed by atoms with E-state index in [1.165, 1.54) is 18.6 Å². The van der Waals surface area contributed by atoms with Crippen molar-refractivity contribution in [3.63, 3.8) is 0 Å². The van der Waals surface area contributed by atoms with Crippen LogP contribution in [0, 0.1) is 0 Å². The molecule has 0 bridgehead atoms. The number of aliphatic carboxylic acids is 1. The fraction of sp³-hybridized carbons (Fsp3) is 0.222. The second kappa shape index (κ2) is 4.94. The Kier molecular flexibility index (Phi) is 3.61. The van der Waals surface area contributed by atoms with E-state index < -0.39 is 12.1 Å². The second-order valence-electron chi connectivity index (χ2n) is 2.56. The second-order valence-corrected chi connectivity index (χ2v) is 2.56. The van der Waals surface area contributed by atoms with E-state index in [0.717, 1.165) is 10.6 Å². The number of hydrogen-bond acceptors (Lipinski definition) is 4. The van der Waals surface area contributed by atoms with E-state index >= 15 is 0 Å². The summed E-state index contributed by atoms with van der Waals surface area (Å²) in [5.41, 5.74) is 0.357. The van der Waals surface area contributed by atoms with Crippen LogP contribution in [0.1, 0.15) is 12.6 Å². The van der Waals surface area contributed by atoms with Crippen molar-refractivity contribution < 1.29 is 19.4 Å². The van der Waals surface area contributed by atoms with Gasteiger partial charge in [-0.15, -0.1) is 0 Å². The first kappa shape index (κ1) is 11.0. The van der Waals surface area contributed by atoms with E-state index in [1.807, 2.05) is 0 Å². The van der Waals surface area contributed by atoms with Gasteiger partial charge in [0.25, 0.3) is 0 Å². The number of carboxylic acids is 1. The van der Waals surface area contributed by atoms with Crippen LogP contribution in [0.3, 0.4) is 0 Å². The van der Waals surface area contributed by atoms with Gasteiger partial charge in [-0.25, -0.2) is 19.1 Å². The standard InChI is InChI=1S/C9H10N2O4/c1-2-15-9(14)11-6-10-5-7(11)3-4-8(12)13/h3-6H,2H2,1H3,(H,12,13). The lowest BCUT2D eigenvalue weighted by Gasteiger charge is -2.02. The quantitative estimate of drug-likeness (QED) is 0.752. The average Bonchev–Trinajstić information content (AvgIpc) is 2.62. The van der Waals surface area contributed by atoms with Gasteiger partial charge in [-0.1, -0.05) is 0 Å². The summed E-state index contributed by atoms with van der Waals surface area (Å²) in [6.07, 6.45) is 4.24. The van der Waals surface area contributed by atoms with Crippen LogP contribution >= 0.6 is 0 Å². The van der Waals surface area contributed by atoms with Crippen molar-refractivity contribution in [3.05, 3.63) is 24.3 Å². The number of carbonyl (C=O) groups excluding carboxylic acids is 1. The minimum atomic E-state index is -1.09. The van der Waals surface area contributed by atoms with Crippen molar-refractivity contribution in [2.24, 2.45) is 0 Å². The molecule has 1 N–H and O–H groups in total. The van der Waals surface area contributed by atoms with Crippen molar-refractivity contribution in [1.29, 1.82) is 0 Å². The minimum Gasteiger partial charge on any atom is -0.478 e. The third-order valence-corrected chi connectivity index (χ3v) is 1.53. The van der Waals surface area contributed by atoms with Crippen LogP contribution < -0.4 is 0 Å². The van der Waals surface area contributed by atoms with E-state index in [4.69, 9.17) is 9.84 Å². The van der Waals surface area contributed by atoms with Crippen LogP contribution in [0.2, 0.25) is 0 Å². The van der Waals surface area contributed by atoms with E-state index in [1.54, 1.807) is 6.92 Å². The number of aromatic nitrogens is 2. The number of hydrogen-bond donors (Lipinski definition) is 1. The molecule has 0 saturated heterocycles. The van der Waals surface area contributed by atoms with Crippen LogP contribution in [0.25, 0.3) is 6.08 Å². The zero-order chi connectivity index (χ0) is 11.3. The van der Waals surface area contributed by atoms with Gasteiger partial charge in [-0.3, -0.25) is 0 Å². The van der Waals surface area contributed by atoms with Crippen LogP contribution in [0.4, 0.5) is 4.79 Å². The molecule has 0 amide bonds. The molecule has 0 saturated carbocycles. The molecule has 0 aliphatic rings. The van der Waals surface area contributed by atoms with Gasteiger partial charge in [-0.05, 0) is 13.0 Å². The highest BCUT2D eigenvalue weighted by molar-refractivity contribution is 5.85. The normalized spacial score (nSPS) is 10.5. The number of ether oxygens (including phenoxy) is 1. The summed E-state index contributed by atoms with van der Waals surface area (Å²) in [7, 11) is 0. The fourth-order valence-corrected chi connectivity index (χ4v) is 0.931. The highest BCUT2D eigenvalue weighted by Crippen LogP contribution is 2.03. The summed E-state index contributed by atoms with van der Waals surface area (Å²) in [5, 5.41) is 8.41. The maximum Gasteiger partial charge on any atom is 0.419 e. The zero-order valence-corrected chi connectivity index (χ0v) is 8.08. The zero-order valence-electron chi connectivity index (χ0n) is 8.08. The lowest BCUT2D eigenvalue weighted by Crippen LogP contribution is -2.13. The Hall–Kier alpha value is -2.11. The highest BCUT2D eigenvalue weighted by atomic mass is 16.5. The molecule has 1 heterocycles. The Labute approximate surface area is 85.8 Å². The summed E-state index contributed by atoms with van der Waals surface area (Å²) in [4.78, 5) is 25.3. The molecule has 0 aliphatic carbocycles. The van der Waals surface area contributed by atoms with Gasteiger partial charge in [0.1, 0.15) is 6.33 Å². The largest absolute Gasteiger partial charge is 0.478 e. The molecule has 0 aliphatic heterocycles. The number of imidazole rings is 1. The summed E-state index contributed by atoms with van der Waals surface area (Å²) in [6, 6.07) is 0. The lowest BCUT2D eigenvalue weighted by atomic mass is 10.4. The molecular weight excluding hydrogens is 200 g/mol. The Balaban J connectivity index is 2.86. The Morgan fingerprint density at radius 3 is 3.00 bits per heavy atom. The molecule has 0 aromatic carbocycles. The predicted octanol–water partition coefficient (Wildman–Crippen LogP) is 0.986. The third-order valence-electron chi connectivity index (χ3n) is 1.53. The first-order chi connectivity index (χ1) is 7.15. The molecule has 0 unspecified atom stereocenters. The number of carboxylic acid groups (broad SMARTS) is 1. The number of nitrogens with zero attached hydrogens (tertiary/aromatic N) is 2. The molecule has 0 radical (unpaired) electrons. The summed E-state index contributed by atoms with van der Waals surface area (Å²) < 4.78 is 5.86. The fourth-order valence-electron chi connectivity index (χ4n) is 0.931. The van der Waals surface area contributed by atoms with E-state index in [0.29, 0.717) is 5.69 Å². The van der Waals surface area contributed by atoms with E-state index in [9.17, 15) is 9.59 Å². The summed E-state index contributed by atoms with van der Waals surface area (Å²) in [5.74, 6) is -1.09. The molecule has 1 aromatic heterocycles. The van der Waals surface area contributed by atoms with Crippen molar-refractivity contribution in [2.75, 3.05) is 6.61 Å². The van der Waals surface area contributed by atoms with E-state index in [2.05, 4.69) is 4.98 Å². The maximum atomic E-state index is 11.3. The summed E-state index contributed by atoms with van der Waals surface area (Å²) in [6.45, 7) is 1.93. The van der Waals surface area contributed by atoms with Gasteiger partial charge in [0.05, 0.1) is 18.5 Å². The average molecular weight is 210 g/mol. The van der Waals surface area contributed by atoms with Gasteiger partial charge >= 0.3 is 12.1 Å². The third kappa shape index (κ3) is 2.94. The van der Waals surface area contributed by atoms with E-state index in [-0.39, 0.29) is 6.61 Å². The first-order valence-corrected chi connectivity index (χ1v) is 4.25. The van der Waals surface area contributed by atoms with Crippen molar-refractivity contribution in [2.45, 2.75) is 6.92 Å². The molecule has 6 heteroatoms. The monoisotopic (exact) mass is 210 g/mol. The number of rotatable bonds is 3. The SMILES string of the molecule is CCOC(=O)n1cncc1C=CC(=O)O. The molecule has 6 nitrogen and oxygen atoms in total. The van der Waals surface area contributed by atoms with Gasteiger partial charge in [-0.2, -0.15) is 0 Å². The van der Waals surface area contributed by atoms with Crippen LogP contribution in [0.5, 0.6) is 0 Å². The Bertz CT molecular complexity index is 395. The van der Waals surface area contributed by atoms with Crippen LogP contribution in [0.15, 0.2) is 18.6 Å². The summed E-state index contributed by atoms with van der Waals surface area (Å²) >= 11 is 0. The minimum absolute atomic E-state index is 0.249. The topological polar surface area (TPSA) is 81.4 Å². The lowest BCUT2D eigenvalue weighted by molar-refractivity contribution is -0.131. The van der Waals surface area contributed by atoms with Crippen molar-refractivity contribution in [3.8, 4) is 0 Å². The van der Waals surface area contributed by atoms with Crippen molar-refractivity contribution >= 4 is 18.1 Å². The van der Waals surface area contributed by atoms with Gasteiger partial charge in [0, 0.05) is 6.08 Å². The first-order valence-electron chi connectivity index (χ1n) is 4.25. The molecule has 1 aromatic rings. The number of carbonyl (C=O) groups is 2. The molecule has 15 heavy (non-hydrogen) atoms. The van der Waals surface area contributed by atoms with Gasteiger partial charge < -0.3 is 9.84 Å². The maximum absolute atomic E-state index is 11.3. The molecule has 0 spiro atoms. The van der Waals surface area contributed by atoms with Gasteiger partial charge in [0.2, 0.25) is 0 Å².